The van der Waals surface area contributed by atoms with Crippen LogP contribution in [0.5, 0.6) is 0 Å². The van der Waals surface area contributed by atoms with Gasteiger partial charge in [0.25, 0.3) is 0 Å². The van der Waals surface area contributed by atoms with Crippen molar-refractivity contribution in [2.75, 3.05) is 13.4 Å². The molecule has 1 N–H and O–H groups in total. The lowest BCUT2D eigenvalue weighted by atomic mass is 10.00. The average Bonchev–Trinajstić information content (AvgIpc) is 2.46. The number of rotatable bonds is 10. The number of benzene rings is 1. The molecule has 0 aliphatic carbocycles. The number of ether oxygens (including phenoxy) is 2. The van der Waals surface area contributed by atoms with E-state index in [0.29, 0.717) is 6.42 Å². The summed E-state index contributed by atoms with van der Waals surface area (Å²) in [6.07, 6.45) is -0.155. The molecule has 0 aliphatic rings. The number of aliphatic hydroxyl groups excluding tert-OH is 1. The Bertz CT molecular complexity index is 439. The van der Waals surface area contributed by atoms with Crippen LogP contribution in [0.25, 0.3) is 0 Å². The van der Waals surface area contributed by atoms with Crippen LogP contribution in [0.3, 0.4) is 0 Å². The van der Waals surface area contributed by atoms with Crippen molar-refractivity contribution in [3.63, 3.8) is 0 Å². The third-order valence-electron chi connectivity index (χ3n) is 3.61. The maximum absolute atomic E-state index is 10.2. The summed E-state index contributed by atoms with van der Waals surface area (Å²) in [6, 6.07) is 10.8. The molecule has 0 heterocycles. The Morgan fingerprint density at radius 3 is 2.45 bits per heavy atom. The van der Waals surface area contributed by atoms with Crippen LogP contribution in [0, 0.1) is 0 Å². The van der Waals surface area contributed by atoms with Gasteiger partial charge in [-0.2, -0.15) is 0 Å². The van der Waals surface area contributed by atoms with Crippen molar-refractivity contribution in [1.82, 2.24) is 0 Å². The fourth-order valence-corrected chi connectivity index (χ4v) is 2.67. The molecule has 0 amide bonds. The number of hydrogen-bond acceptors (Lipinski definition) is 3. The van der Waals surface area contributed by atoms with Crippen LogP contribution >= 0.6 is 0 Å². The zero-order valence-electron chi connectivity index (χ0n) is 14.3. The first-order chi connectivity index (χ1) is 10.3. The van der Waals surface area contributed by atoms with Gasteiger partial charge in [0, 0.05) is 21.1 Å². The van der Waals surface area contributed by atoms with Crippen molar-refractivity contribution in [1.29, 1.82) is 0 Å². The zero-order valence-corrected chi connectivity index (χ0v) is 15.3. The molecule has 0 aliphatic heterocycles. The van der Waals surface area contributed by atoms with Crippen LogP contribution in [-0.2, 0) is 9.47 Å². The molecule has 4 heteroatoms. The zero-order chi connectivity index (χ0) is 16.6. The van der Waals surface area contributed by atoms with Crippen molar-refractivity contribution < 1.29 is 14.6 Å². The Kier molecular flexibility index (Phi) is 8.04. The topological polar surface area (TPSA) is 38.7 Å². The van der Waals surface area contributed by atoms with Crippen molar-refractivity contribution in [3.8, 4) is 0 Å². The molecular weight excluding hydrogens is 292 g/mol. The molecule has 0 saturated heterocycles. The van der Waals surface area contributed by atoms with Crippen molar-refractivity contribution in [2.24, 2.45) is 0 Å². The van der Waals surface area contributed by atoms with E-state index >= 15 is 0 Å². The fourth-order valence-electron chi connectivity index (χ4n) is 1.91. The molecule has 1 aromatic rings. The highest BCUT2D eigenvalue weighted by atomic mass is 28.3. The molecule has 0 saturated carbocycles. The van der Waals surface area contributed by atoms with E-state index in [2.05, 4.69) is 26.2 Å². The Hall–Kier alpha value is -0.943. The first kappa shape index (κ1) is 19.1. The number of aliphatic hydroxyl groups is 1. The summed E-state index contributed by atoms with van der Waals surface area (Å²) in [5.74, 6) is 0. The highest BCUT2D eigenvalue weighted by Crippen LogP contribution is 2.22. The minimum Gasteiger partial charge on any atom is -0.388 e. The van der Waals surface area contributed by atoms with Crippen LogP contribution in [0.4, 0.5) is 0 Å². The highest BCUT2D eigenvalue weighted by molar-refractivity contribution is 6.76. The summed E-state index contributed by atoms with van der Waals surface area (Å²) in [5.41, 5.74) is 1.78. The maximum Gasteiger partial charge on any atom is 0.147 e. The van der Waals surface area contributed by atoms with Crippen LogP contribution in [0.2, 0.25) is 25.7 Å². The Balaban J connectivity index is 2.25. The summed E-state index contributed by atoms with van der Waals surface area (Å²) < 4.78 is 11.2. The van der Waals surface area contributed by atoms with E-state index in [9.17, 15) is 5.11 Å². The molecule has 0 spiro atoms. The van der Waals surface area contributed by atoms with Gasteiger partial charge in [-0.25, -0.2) is 0 Å². The second-order valence-electron chi connectivity index (χ2n) is 6.93. The van der Waals surface area contributed by atoms with Crippen molar-refractivity contribution in [2.45, 2.75) is 51.2 Å². The predicted octanol–water partition coefficient (Wildman–Crippen LogP) is 4.38. The summed E-state index contributed by atoms with van der Waals surface area (Å²) in [5, 5.41) is 10.2. The normalized spacial score (nSPS) is 14.6. The second kappa shape index (κ2) is 9.25. The lowest BCUT2D eigenvalue weighted by molar-refractivity contribution is -0.0712. The summed E-state index contributed by atoms with van der Waals surface area (Å²) in [4.78, 5) is 0. The van der Waals surface area contributed by atoms with Gasteiger partial charge in [-0.1, -0.05) is 56.6 Å². The van der Waals surface area contributed by atoms with E-state index in [0.717, 1.165) is 23.8 Å². The average molecular weight is 323 g/mol. The minimum absolute atomic E-state index is 0.120. The van der Waals surface area contributed by atoms with Gasteiger partial charge in [0.2, 0.25) is 0 Å². The largest absolute Gasteiger partial charge is 0.388 e. The molecule has 1 rings (SSSR count). The van der Waals surface area contributed by atoms with E-state index < -0.39 is 14.2 Å². The van der Waals surface area contributed by atoms with E-state index in [1.165, 1.54) is 0 Å². The van der Waals surface area contributed by atoms with E-state index in [1.807, 2.05) is 37.3 Å². The lowest BCUT2D eigenvalue weighted by Crippen LogP contribution is -2.22. The van der Waals surface area contributed by atoms with Gasteiger partial charge >= 0.3 is 0 Å². The molecule has 0 unspecified atom stereocenters. The molecule has 124 valence electrons. The van der Waals surface area contributed by atoms with Gasteiger partial charge in [-0.05, 0) is 24.1 Å². The van der Waals surface area contributed by atoms with Crippen molar-refractivity contribution in [3.05, 3.63) is 48.0 Å². The van der Waals surface area contributed by atoms with Gasteiger partial charge in [0.15, 0.2) is 0 Å². The monoisotopic (exact) mass is 322 g/mol. The molecule has 0 fully saturated rings. The fraction of sp³-hybridized carbons (Fsp3) is 0.556. The van der Waals surface area contributed by atoms with Gasteiger partial charge in [0.05, 0.1) is 12.2 Å². The van der Waals surface area contributed by atoms with E-state index in [1.54, 1.807) is 0 Å². The number of hydrogen-bond donors (Lipinski definition) is 1. The SMILES string of the molecule is C=C(C[C@@H](O)c1ccccc1)[C@H](C)OCOCC[Si](C)(C)C. The van der Waals surface area contributed by atoms with Crippen LogP contribution < -0.4 is 0 Å². The van der Waals surface area contributed by atoms with Crippen LogP contribution in [0.15, 0.2) is 42.5 Å². The van der Waals surface area contributed by atoms with Gasteiger partial charge in [-0.15, -0.1) is 0 Å². The predicted molar refractivity (Wildman–Crippen MR) is 94.7 cm³/mol. The third-order valence-corrected chi connectivity index (χ3v) is 5.32. The maximum atomic E-state index is 10.2. The lowest BCUT2D eigenvalue weighted by Gasteiger charge is -2.20. The second-order valence-corrected chi connectivity index (χ2v) is 12.6. The minimum atomic E-state index is -1.05. The van der Waals surface area contributed by atoms with E-state index in [-0.39, 0.29) is 12.9 Å². The standard InChI is InChI=1S/C18H30O3Si/c1-15(13-18(19)17-9-7-6-8-10-17)16(2)21-14-20-11-12-22(3,4)5/h6-10,16,18-19H,1,11-14H2,2-5H3/t16-,18+/m0/s1. The smallest absolute Gasteiger partial charge is 0.147 e. The first-order valence-electron chi connectivity index (χ1n) is 7.89. The third kappa shape index (κ3) is 7.89. The summed E-state index contributed by atoms with van der Waals surface area (Å²) in [7, 11) is -1.05. The molecule has 22 heavy (non-hydrogen) atoms. The Morgan fingerprint density at radius 2 is 1.86 bits per heavy atom. The van der Waals surface area contributed by atoms with E-state index in [4.69, 9.17) is 9.47 Å². The molecule has 1 aromatic carbocycles. The summed E-state index contributed by atoms with van der Waals surface area (Å²) in [6.45, 7) is 14.0. The van der Waals surface area contributed by atoms with Crippen molar-refractivity contribution >= 4 is 8.07 Å². The molecule has 0 bridgehead atoms. The first-order valence-corrected chi connectivity index (χ1v) is 11.6. The molecule has 0 aromatic heterocycles. The Labute approximate surface area is 136 Å². The molecule has 0 radical (unpaired) electrons. The molecule has 3 nitrogen and oxygen atoms in total. The Morgan fingerprint density at radius 1 is 1.23 bits per heavy atom. The highest BCUT2D eigenvalue weighted by Gasteiger charge is 2.15. The summed E-state index contributed by atoms with van der Waals surface area (Å²) >= 11 is 0. The van der Waals surface area contributed by atoms with Crippen LogP contribution in [0.1, 0.15) is 25.0 Å². The molecular formula is C18H30O3Si. The quantitative estimate of drug-likeness (QED) is 0.301. The van der Waals surface area contributed by atoms with Gasteiger partial charge in [-0.3, -0.25) is 0 Å². The van der Waals surface area contributed by atoms with Crippen LogP contribution in [-0.4, -0.2) is 32.7 Å². The molecule has 2 atom stereocenters. The van der Waals surface area contributed by atoms with Gasteiger partial charge in [0.1, 0.15) is 6.79 Å². The van der Waals surface area contributed by atoms with Gasteiger partial charge < -0.3 is 14.6 Å².